The van der Waals surface area contributed by atoms with Crippen LogP contribution in [0.4, 0.5) is 11.4 Å². The quantitative estimate of drug-likeness (QED) is 0.504. The number of nitro groups is 2. The van der Waals surface area contributed by atoms with Gasteiger partial charge in [0.05, 0.1) is 21.5 Å². The lowest BCUT2D eigenvalue weighted by Gasteiger charge is -2.02. The first-order chi connectivity index (χ1) is 9.88. The van der Waals surface area contributed by atoms with Crippen LogP contribution in [0.15, 0.2) is 23.3 Å². The van der Waals surface area contributed by atoms with Crippen LogP contribution < -0.4 is 5.43 Å². The molecule has 0 unspecified atom stereocenters. The highest BCUT2D eigenvalue weighted by Crippen LogP contribution is 2.30. The Kier molecular flexibility index (Phi) is 3.92. The summed E-state index contributed by atoms with van der Waals surface area (Å²) in [5.41, 5.74) is 1.81. The molecule has 1 aromatic carbocycles. The molecule has 1 N–H and O–H groups in total. The van der Waals surface area contributed by atoms with Crippen LogP contribution in [-0.4, -0.2) is 21.5 Å². The molecule has 0 radical (unpaired) electrons. The summed E-state index contributed by atoms with van der Waals surface area (Å²) in [6.45, 7) is 1.77. The average molecular weight is 292 g/mol. The second-order valence-corrected chi connectivity index (χ2v) is 4.72. The van der Waals surface area contributed by atoms with Crippen molar-refractivity contribution in [1.29, 1.82) is 0 Å². The molecule has 9 heteroatoms. The lowest BCUT2D eigenvalue weighted by Crippen LogP contribution is -2.19. The molecule has 1 saturated carbocycles. The van der Waals surface area contributed by atoms with Gasteiger partial charge in [0.2, 0.25) is 0 Å². The molecule has 1 amide bonds. The first kappa shape index (κ1) is 14.6. The van der Waals surface area contributed by atoms with Crippen molar-refractivity contribution in [1.82, 2.24) is 5.43 Å². The van der Waals surface area contributed by atoms with Crippen molar-refractivity contribution >= 4 is 23.0 Å². The summed E-state index contributed by atoms with van der Waals surface area (Å²) >= 11 is 0. The summed E-state index contributed by atoms with van der Waals surface area (Å²) in [4.78, 5) is 31.8. The third-order valence-electron chi connectivity index (χ3n) is 3.09. The minimum absolute atomic E-state index is 0.178. The number of rotatable bonds is 5. The number of carbonyl (C=O) groups is 1. The van der Waals surface area contributed by atoms with Crippen molar-refractivity contribution in [3.8, 4) is 0 Å². The van der Waals surface area contributed by atoms with Gasteiger partial charge in [0.1, 0.15) is 0 Å². The van der Waals surface area contributed by atoms with E-state index >= 15 is 0 Å². The Morgan fingerprint density at radius 2 is 1.71 bits per heavy atom. The van der Waals surface area contributed by atoms with Gasteiger partial charge in [-0.25, -0.2) is 5.43 Å². The highest BCUT2D eigenvalue weighted by atomic mass is 16.6. The van der Waals surface area contributed by atoms with Crippen molar-refractivity contribution in [3.63, 3.8) is 0 Å². The molecule has 1 aromatic rings. The fourth-order valence-electron chi connectivity index (χ4n) is 1.73. The summed E-state index contributed by atoms with van der Waals surface area (Å²) in [6, 6.07) is 2.75. The third kappa shape index (κ3) is 3.59. The van der Waals surface area contributed by atoms with Crippen LogP contribution in [-0.2, 0) is 0 Å². The molecule has 0 aromatic heterocycles. The van der Waals surface area contributed by atoms with Crippen LogP contribution >= 0.6 is 0 Å². The maximum atomic E-state index is 11.9. The van der Waals surface area contributed by atoms with E-state index in [9.17, 15) is 25.0 Å². The van der Waals surface area contributed by atoms with E-state index in [2.05, 4.69) is 10.5 Å². The molecule has 0 saturated heterocycles. The molecule has 0 bridgehead atoms. The number of hydrazone groups is 1. The summed E-state index contributed by atoms with van der Waals surface area (Å²) in [5.74, 6) is -0.355. The molecule has 0 spiro atoms. The highest BCUT2D eigenvalue weighted by molar-refractivity contribution is 5.96. The van der Waals surface area contributed by atoms with Gasteiger partial charge in [0.15, 0.2) is 0 Å². The second-order valence-electron chi connectivity index (χ2n) is 4.72. The number of carbonyl (C=O) groups excluding carboxylic acids is 1. The summed E-state index contributed by atoms with van der Waals surface area (Å²) in [6.07, 6.45) is 2.04. The number of non-ortho nitro benzene ring substituents is 2. The molecule has 0 atom stereocenters. The minimum Gasteiger partial charge on any atom is -0.267 e. The first-order valence-electron chi connectivity index (χ1n) is 6.17. The molecule has 2 rings (SSSR count). The normalized spacial score (nSPS) is 14.6. The average Bonchev–Trinajstić information content (AvgIpc) is 3.28. The zero-order valence-electron chi connectivity index (χ0n) is 11.1. The van der Waals surface area contributed by atoms with Crippen LogP contribution in [0, 0.1) is 26.1 Å². The maximum absolute atomic E-state index is 11.9. The fraction of sp³-hybridized carbons (Fsp3) is 0.333. The van der Waals surface area contributed by atoms with Crippen LogP contribution in [0.1, 0.15) is 30.1 Å². The van der Waals surface area contributed by atoms with Gasteiger partial charge in [-0.2, -0.15) is 5.10 Å². The lowest BCUT2D eigenvalue weighted by atomic mass is 10.1. The molecule has 9 nitrogen and oxygen atoms in total. The Balaban J connectivity index is 2.24. The number of hydrogen-bond acceptors (Lipinski definition) is 6. The van der Waals surface area contributed by atoms with Gasteiger partial charge in [0.25, 0.3) is 17.3 Å². The third-order valence-corrected chi connectivity index (χ3v) is 3.09. The van der Waals surface area contributed by atoms with Crippen LogP contribution in [0.3, 0.4) is 0 Å². The molecular weight excluding hydrogens is 280 g/mol. The standard InChI is InChI=1S/C12H12N4O5/c1-7(8-2-3-8)13-14-12(17)9-4-10(15(18)19)6-11(5-9)16(20)21/h4-6,8H,2-3H2,1H3,(H,14,17)/b13-7-. The maximum Gasteiger partial charge on any atom is 0.277 e. The zero-order valence-corrected chi connectivity index (χ0v) is 11.1. The molecule has 1 fully saturated rings. The van der Waals surface area contributed by atoms with Crippen molar-refractivity contribution in [2.24, 2.45) is 11.0 Å². The number of amides is 1. The van der Waals surface area contributed by atoms with E-state index < -0.39 is 27.1 Å². The lowest BCUT2D eigenvalue weighted by molar-refractivity contribution is -0.394. The number of nitrogens with one attached hydrogen (secondary N) is 1. The molecule has 110 valence electrons. The molecular formula is C12H12N4O5. The predicted octanol–water partition coefficient (Wildman–Crippen LogP) is 2.02. The molecule has 1 aliphatic rings. The van der Waals surface area contributed by atoms with E-state index in [-0.39, 0.29) is 5.56 Å². The minimum atomic E-state index is -0.789. The van der Waals surface area contributed by atoms with E-state index in [1.165, 1.54) is 0 Å². The summed E-state index contributed by atoms with van der Waals surface area (Å²) in [7, 11) is 0. The van der Waals surface area contributed by atoms with E-state index in [1.54, 1.807) is 6.92 Å². The van der Waals surface area contributed by atoms with Crippen molar-refractivity contribution in [2.75, 3.05) is 0 Å². The van der Waals surface area contributed by atoms with Gasteiger partial charge < -0.3 is 0 Å². The largest absolute Gasteiger partial charge is 0.277 e. The van der Waals surface area contributed by atoms with Gasteiger partial charge in [-0.05, 0) is 25.7 Å². The van der Waals surface area contributed by atoms with E-state index in [0.717, 1.165) is 36.8 Å². The van der Waals surface area contributed by atoms with E-state index in [1.807, 2.05) is 0 Å². The predicted molar refractivity (Wildman–Crippen MR) is 73.1 cm³/mol. The summed E-state index contributed by atoms with van der Waals surface area (Å²) in [5, 5.41) is 25.4. The van der Waals surface area contributed by atoms with Crippen molar-refractivity contribution < 1.29 is 14.6 Å². The Hall–Kier alpha value is -2.84. The fourth-order valence-corrected chi connectivity index (χ4v) is 1.73. The Morgan fingerprint density at radius 1 is 1.19 bits per heavy atom. The van der Waals surface area contributed by atoms with Crippen molar-refractivity contribution in [3.05, 3.63) is 44.0 Å². The van der Waals surface area contributed by atoms with Crippen LogP contribution in [0.25, 0.3) is 0 Å². The number of benzene rings is 1. The number of nitrogens with zero attached hydrogens (tertiary/aromatic N) is 3. The monoisotopic (exact) mass is 292 g/mol. The summed E-state index contributed by atoms with van der Waals surface area (Å²) < 4.78 is 0. The molecule has 0 aliphatic heterocycles. The van der Waals surface area contributed by atoms with E-state index in [0.29, 0.717) is 5.92 Å². The van der Waals surface area contributed by atoms with Gasteiger partial charge in [0, 0.05) is 17.8 Å². The molecule has 21 heavy (non-hydrogen) atoms. The van der Waals surface area contributed by atoms with Gasteiger partial charge in [-0.3, -0.25) is 25.0 Å². The second kappa shape index (κ2) is 5.65. The van der Waals surface area contributed by atoms with Gasteiger partial charge >= 0.3 is 0 Å². The van der Waals surface area contributed by atoms with Crippen LogP contribution in [0.5, 0.6) is 0 Å². The van der Waals surface area contributed by atoms with E-state index in [4.69, 9.17) is 0 Å². The van der Waals surface area contributed by atoms with Crippen LogP contribution in [0.2, 0.25) is 0 Å². The van der Waals surface area contributed by atoms with Gasteiger partial charge in [-0.1, -0.05) is 0 Å². The molecule has 0 heterocycles. The smallest absolute Gasteiger partial charge is 0.267 e. The molecule has 1 aliphatic carbocycles. The Labute approximate surface area is 118 Å². The Bertz CT molecular complexity index is 619. The van der Waals surface area contributed by atoms with Gasteiger partial charge in [-0.15, -0.1) is 0 Å². The SMILES string of the molecule is C/C(=N/NC(=O)c1cc([N+](=O)[O-])cc([N+](=O)[O-])c1)C1CC1. The zero-order chi connectivity index (χ0) is 15.6. The first-order valence-corrected chi connectivity index (χ1v) is 6.17. The number of nitro benzene ring substituents is 2. The highest BCUT2D eigenvalue weighted by Gasteiger charge is 2.25. The topological polar surface area (TPSA) is 128 Å². The van der Waals surface area contributed by atoms with Crippen molar-refractivity contribution in [2.45, 2.75) is 19.8 Å². The number of hydrogen-bond donors (Lipinski definition) is 1. The Morgan fingerprint density at radius 3 is 2.14 bits per heavy atom.